The first-order valence-corrected chi connectivity index (χ1v) is 9.36. The average Bonchev–Trinajstić information content (AvgIpc) is 2.99. The topological polar surface area (TPSA) is 51.1 Å². The number of hydrogen-bond donors (Lipinski definition) is 0. The molecule has 2 aromatic rings. The van der Waals surface area contributed by atoms with E-state index in [4.69, 9.17) is 4.74 Å². The highest BCUT2D eigenvalue weighted by molar-refractivity contribution is 9.11. The summed E-state index contributed by atoms with van der Waals surface area (Å²) in [5.41, 5.74) is -0.831. The SMILES string of the molecule is CC(Oc1ncc(Br)s1)C1CCN(c2ncc(C(F)(F)F)cn2)CC1. The Morgan fingerprint density at radius 1 is 1.20 bits per heavy atom. The number of alkyl halides is 3. The van der Waals surface area contributed by atoms with Gasteiger partial charge in [-0.25, -0.2) is 15.0 Å². The molecule has 1 unspecified atom stereocenters. The van der Waals surface area contributed by atoms with Crippen LogP contribution in [0.15, 0.2) is 22.4 Å². The second-order valence-corrected chi connectivity index (χ2v) is 8.22. The summed E-state index contributed by atoms with van der Waals surface area (Å²) in [7, 11) is 0. The van der Waals surface area contributed by atoms with Crippen LogP contribution in [-0.2, 0) is 6.18 Å². The number of hydrogen-bond acceptors (Lipinski definition) is 6. The largest absolute Gasteiger partial charge is 0.467 e. The molecule has 0 aromatic carbocycles. The van der Waals surface area contributed by atoms with E-state index in [-0.39, 0.29) is 6.10 Å². The summed E-state index contributed by atoms with van der Waals surface area (Å²) in [6.07, 6.45) is 0.700. The van der Waals surface area contributed by atoms with Gasteiger partial charge in [0.1, 0.15) is 6.10 Å². The Morgan fingerprint density at radius 3 is 2.36 bits per heavy atom. The number of aromatic nitrogens is 3. The Morgan fingerprint density at radius 2 is 1.84 bits per heavy atom. The lowest BCUT2D eigenvalue weighted by Gasteiger charge is -2.34. The van der Waals surface area contributed by atoms with Gasteiger partial charge in [-0.2, -0.15) is 13.2 Å². The van der Waals surface area contributed by atoms with Crippen molar-refractivity contribution in [3.63, 3.8) is 0 Å². The van der Waals surface area contributed by atoms with Crippen LogP contribution in [0, 0.1) is 5.92 Å². The Balaban J connectivity index is 1.54. The van der Waals surface area contributed by atoms with E-state index in [0.717, 1.165) is 29.0 Å². The third-order valence-corrected chi connectivity index (χ3v) is 5.56. The van der Waals surface area contributed by atoms with Crippen molar-refractivity contribution in [3.8, 4) is 5.19 Å². The number of anilines is 1. The molecule has 136 valence electrons. The maximum Gasteiger partial charge on any atom is 0.419 e. The fraction of sp³-hybridized carbons (Fsp3) is 0.533. The van der Waals surface area contributed by atoms with Crippen molar-refractivity contribution >= 4 is 33.2 Å². The molecule has 3 rings (SSSR count). The first-order chi connectivity index (χ1) is 11.8. The van der Waals surface area contributed by atoms with Crippen molar-refractivity contribution in [2.24, 2.45) is 5.92 Å². The Labute approximate surface area is 155 Å². The number of ether oxygens (including phenoxy) is 1. The normalized spacial score (nSPS) is 17.6. The third kappa shape index (κ3) is 4.60. The lowest BCUT2D eigenvalue weighted by Crippen LogP contribution is -2.39. The standard InChI is InChI=1S/C15H16BrF3N4OS/c1-9(24-14-22-8-12(16)25-14)10-2-4-23(5-3-10)13-20-6-11(7-21-13)15(17,18)19/h6-10H,2-5H2,1H3. The van der Waals surface area contributed by atoms with Gasteiger partial charge in [0.15, 0.2) is 0 Å². The average molecular weight is 437 g/mol. The molecule has 0 aliphatic carbocycles. The lowest BCUT2D eigenvalue weighted by atomic mass is 9.92. The molecule has 0 radical (unpaired) electrons. The molecule has 25 heavy (non-hydrogen) atoms. The first-order valence-electron chi connectivity index (χ1n) is 7.75. The van der Waals surface area contributed by atoms with Crippen LogP contribution in [0.1, 0.15) is 25.3 Å². The van der Waals surface area contributed by atoms with Gasteiger partial charge < -0.3 is 9.64 Å². The van der Waals surface area contributed by atoms with E-state index in [2.05, 4.69) is 30.9 Å². The predicted octanol–water partition coefficient (Wildman–Crippen LogP) is 4.40. The highest BCUT2D eigenvalue weighted by Crippen LogP contribution is 2.31. The molecule has 1 atom stereocenters. The van der Waals surface area contributed by atoms with Crippen molar-refractivity contribution < 1.29 is 17.9 Å². The number of piperidine rings is 1. The molecule has 0 saturated carbocycles. The summed E-state index contributed by atoms with van der Waals surface area (Å²) in [5, 5.41) is 0.632. The van der Waals surface area contributed by atoms with Gasteiger partial charge in [0, 0.05) is 25.5 Å². The highest BCUT2D eigenvalue weighted by Gasteiger charge is 2.32. The van der Waals surface area contributed by atoms with Gasteiger partial charge in [-0.05, 0) is 41.6 Å². The first kappa shape index (κ1) is 18.4. The van der Waals surface area contributed by atoms with E-state index in [9.17, 15) is 13.2 Å². The second-order valence-electron chi connectivity index (χ2n) is 5.85. The van der Waals surface area contributed by atoms with Crippen LogP contribution in [0.4, 0.5) is 19.1 Å². The molecule has 5 nitrogen and oxygen atoms in total. The number of nitrogens with zero attached hydrogens (tertiary/aromatic N) is 4. The molecule has 1 saturated heterocycles. The lowest BCUT2D eigenvalue weighted by molar-refractivity contribution is -0.138. The minimum absolute atomic E-state index is 0.0220. The molecule has 0 spiro atoms. The monoisotopic (exact) mass is 436 g/mol. The molecular weight excluding hydrogens is 421 g/mol. The van der Waals surface area contributed by atoms with Crippen molar-refractivity contribution in [1.29, 1.82) is 0 Å². The fourth-order valence-electron chi connectivity index (χ4n) is 2.75. The van der Waals surface area contributed by atoms with Gasteiger partial charge in [0.25, 0.3) is 5.19 Å². The molecule has 1 aliphatic heterocycles. The number of rotatable bonds is 4. The summed E-state index contributed by atoms with van der Waals surface area (Å²) in [6.45, 7) is 3.39. The van der Waals surface area contributed by atoms with Crippen LogP contribution in [0.25, 0.3) is 0 Å². The van der Waals surface area contributed by atoms with Crippen LogP contribution < -0.4 is 9.64 Å². The maximum atomic E-state index is 12.6. The molecule has 3 heterocycles. The van der Waals surface area contributed by atoms with Gasteiger partial charge in [0.05, 0.1) is 15.5 Å². The molecule has 10 heteroatoms. The molecule has 0 bridgehead atoms. The Bertz CT molecular complexity index is 702. The van der Waals surface area contributed by atoms with Gasteiger partial charge in [-0.15, -0.1) is 0 Å². The highest BCUT2D eigenvalue weighted by atomic mass is 79.9. The van der Waals surface area contributed by atoms with E-state index in [1.54, 1.807) is 6.20 Å². The zero-order valence-corrected chi connectivity index (χ0v) is 15.7. The summed E-state index contributed by atoms with van der Waals surface area (Å²) in [4.78, 5) is 13.8. The van der Waals surface area contributed by atoms with E-state index in [0.29, 0.717) is 30.1 Å². The van der Waals surface area contributed by atoms with Crippen molar-refractivity contribution in [1.82, 2.24) is 15.0 Å². The second kappa shape index (κ2) is 7.45. The predicted molar refractivity (Wildman–Crippen MR) is 91.9 cm³/mol. The van der Waals surface area contributed by atoms with Crippen LogP contribution in [0.3, 0.4) is 0 Å². The summed E-state index contributed by atoms with van der Waals surface area (Å²) < 4.78 is 44.5. The van der Waals surface area contributed by atoms with Gasteiger partial charge in [0.2, 0.25) is 5.95 Å². The quantitative estimate of drug-likeness (QED) is 0.710. The summed E-state index contributed by atoms with van der Waals surface area (Å²) >= 11 is 4.80. The molecule has 0 N–H and O–H groups in total. The molecular formula is C15H16BrF3N4OS. The van der Waals surface area contributed by atoms with Gasteiger partial charge >= 0.3 is 6.18 Å². The minimum Gasteiger partial charge on any atom is -0.467 e. The molecule has 1 fully saturated rings. The molecule has 2 aromatic heterocycles. The van der Waals surface area contributed by atoms with Crippen molar-refractivity contribution in [3.05, 3.63) is 27.9 Å². The molecule has 0 amide bonds. The smallest absolute Gasteiger partial charge is 0.419 e. The minimum atomic E-state index is -4.41. The summed E-state index contributed by atoms with van der Waals surface area (Å²) in [5.74, 6) is 0.692. The Kier molecular flexibility index (Phi) is 5.47. The number of halogens is 4. The van der Waals surface area contributed by atoms with Gasteiger partial charge in [-0.1, -0.05) is 11.3 Å². The molecule has 1 aliphatic rings. The van der Waals surface area contributed by atoms with Crippen LogP contribution in [0.5, 0.6) is 5.19 Å². The van der Waals surface area contributed by atoms with Gasteiger partial charge in [-0.3, -0.25) is 0 Å². The van der Waals surface area contributed by atoms with Crippen LogP contribution in [0.2, 0.25) is 0 Å². The van der Waals surface area contributed by atoms with Crippen molar-refractivity contribution in [2.45, 2.75) is 32.0 Å². The number of thiazole rings is 1. The Hall–Kier alpha value is -1.42. The van der Waals surface area contributed by atoms with E-state index < -0.39 is 11.7 Å². The maximum absolute atomic E-state index is 12.6. The fourth-order valence-corrected chi connectivity index (χ4v) is 3.84. The van der Waals surface area contributed by atoms with E-state index >= 15 is 0 Å². The zero-order valence-electron chi connectivity index (χ0n) is 13.3. The van der Waals surface area contributed by atoms with Crippen LogP contribution >= 0.6 is 27.3 Å². The van der Waals surface area contributed by atoms with E-state index in [1.165, 1.54) is 11.3 Å². The summed E-state index contributed by atoms with van der Waals surface area (Å²) in [6, 6.07) is 0. The van der Waals surface area contributed by atoms with Crippen molar-refractivity contribution in [2.75, 3.05) is 18.0 Å². The van der Waals surface area contributed by atoms with Crippen LogP contribution in [-0.4, -0.2) is 34.1 Å². The van der Waals surface area contributed by atoms with E-state index in [1.807, 2.05) is 11.8 Å². The third-order valence-electron chi connectivity index (χ3n) is 4.19. The zero-order chi connectivity index (χ0) is 18.0.